The Kier molecular flexibility index (Phi) is 3.80. The van der Waals surface area contributed by atoms with Gasteiger partial charge in [0.1, 0.15) is 0 Å². The molecule has 0 spiro atoms. The molecule has 1 aliphatic carbocycles. The van der Waals surface area contributed by atoms with Crippen LogP contribution in [0.3, 0.4) is 0 Å². The minimum absolute atomic E-state index is 0.101. The molecule has 2 aromatic rings. The number of halogens is 3. The number of alkyl halides is 3. The number of benzene rings is 1. The summed E-state index contributed by atoms with van der Waals surface area (Å²) in [6.07, 6.45) is 2.65. The summed E-state index contributed by atoms with van der Waals surface area (Å²) in [4.78, 5) is 15.2. The van der Waals surface area contributed by atoms with E-state index in [0.717, 1.165) is 18.4 Å². The second kappa shape index (κ2) is 5.62. The molecule has 1 aromatic carbocycles. The van der Waals surface area contributed by atoms with Crippen molar-refractivity contribution in [2.24, 2.45) is 0 Å². The lowest BCUT2D eigenvalue weighted by Crippen LogP contribution is -2.29. The number of carbonyl (C=O) groups is 1. The van der Waals surface area contributed by atoms with E-state index < -0.39 is 12.1 Å². The number of nitrogens with one attached hydrogen (secondary N) is 1. The lowest BCUT2D eigenvalue weighted by molar-refractivity contribution is -0.167. The first kappa shape index (κ1) is 14.9. The van der Waals surface area contributed by atoms with Crippen molar-refractivity contribution in [2.45, 2.75) is 44.3 Å². The Hall–Kier alpha value is -2.05. The molecule has 0 saturated heterocycles. The van der Waals surface area contributed by atoms with E-state index in [4.69, 9.17) is 0 Å². The number of hydrogen-bond donors (Lipinski definition) is 1. The van der Waals surface area contributed by atoms with Gasteiger partial charge in [0.05, 0.1) is 17.4 Å². The van der Waals surface area contributed by atoms with Crippen LogP contribution in [0.15, 0.2) is 24.5 Å². The predicted octanol–water partition coefficient (Wildman–Crippen LogP) is 4.04. The Morgan fingerprint density at radius 2 is 1.95 bits per heavy atom. The Morgan fingerprint density at radius 1 is 1.23 bits per heavy atom. The van der Waals surface area contributed by atoms with E-state index in [-0.39, 0.29) is 5.69 Å². The van der Waals surface area contributed by atoms with Crippen LogP contribution in [0.2, 0.25) is 0 Å². The molecule has 7 heteroatoms. The SMILES string of the molecule is O=C(Nc1ccc2c(c1)ncn2C1CCCCC1)C(F)(F)F. The number of rotatable bonds is 2. The third-order valence-electron chi connectivity index (χ3n) is 4.06. The van der Waals surface area contributed by atoms with Crippen molar-refractivity contribution in [1.29, 1.82) is 0 Å². The first-order chi connectivity index (χ1) is 10.4. The molecule has 1 amide bonds. The smallest absolute Gasteiger partial charge is 0.327 e. The van der Waals surface area contributed by atoms with Gasteiger partial charge in [-0.15, -0.1) is 0 Å². The van der Waals surface area contributed by atoms with Gasteiger partial charge >= 0.3 is 12.1 Å². The first-order valence-corrected chi connectivity index (χ1v) is 7.30. The zero-order valence-electron chi connectivity index (χ0n) is 11.9. The van der Waals surface area contributed by atoms with Gasteiger partial charge in [-0.05, 0) is 31.0 Å². The van der Waals surface area contributed by atoms with Crippen LogP contribution >= 0.6 is 0 Å². The topological polar surface area (TPSA) is 46.9 Å². The number of hydrogen-bond acceptors (Lipinski definition) is 2. The lowest BCUT2D eigenvalue weighted by atomic mass is 9.95. The quantitative estimate of drug-likeness (QED) is 0.909. The largest absolute Gasteiger partial charge is 0.471 e. The predicted molar refractivity (Wildman–Crippen MR) is 76.5 cm³/mol. The maximum absolute atomic E-state index is 12.3. The van der Waals surface area contributed by atoms with Crippen LogP contribution < -0.4 is 5.32 Å². The first-order valence-electron chi connectivity index (χ1n) is 7.30. The number of anilines is 1. The Bertz CT molecular complexity index is 687. The summed E-state index contributed by atoms with van der Waals surface area (Å²) in [6, 6.07) is 5.06. The maximum atomic E-state index is 12.3. The highest BCUT2D eigenvalue weighted by atomic mass is 19.4. The molecule has 0 atom stereocenters. The number of amides is 1. The fourth-order valence-electron chi connectivity index (χ4n) is 2.96. The van der Waals surface area contributed by atoms with Crippen LogP contribution in [0.5, 0.6) is 0 Å². The Morgan fingerprint density at radius 3 is 2.64 bits per heavy atom. The van der Waals surface area contributed by atoms with E-state index in [1.807, 2.05) is 5.32 Å². The van der Waals surface area contributed by atoms with Crippen molar-refractivity contribution in [1.82, 2.24) is 9.55 Å². The molecule has 0 bridgehead atoms. The summed E-state index contributed by atoms with van der Waals surface area (Å²) in [7, 11) is 0. The summed E-state index contributed by atoms with van der Waals surface area (Å²) in [5.74, 6) is -1.97. The van der Waals surface area contributed by atoms with Crippen molar-refractivity contribution < 1.29 is 18.0 Å². The minimum Gasteiger partial charge on any atom is -0.327 e. The van der Waals surface area contributed by atoms with Crippen LogP contribution in [-0.4, -0.2) is 21.6 Å². The number of aromatic nitrogens is 2. The van der Waals surface area contributed by atoms with Crippen LogP contribution in [0, 0.1) is 0 Å². The number of carbonyl (C=O) groups excluding carboxylic acids is 1. The van der Waals surface area contributed by atoms with Gasteiger partial charge in [-0.3, -0.25) is 4.79 Å². The Balaban J connectivity index is 1.84. The Labute approximate surface area is 125 Å². The number of fused-ring (bicyclic) bond motifs is 1. The molecular formula is C15H16F3N3O. The van der Waals surface area contributed by atoms with E-state index in [9.17, 15) is 18.0 Å². The summed E-state index contributed by atoms with van der Waals surface area (Å²) in [5.41, 5.74) is 1.58. The van der Waals surface area contributed by atoms with Gasteiger partial charge in [-0.1, -0.05) is 19.3 Å². The summed E-state index contributed by atoms with van der Waals surface area (Å²) in [5, 5.41) is 1.85. The highest BCUT2D eigenvalue weighted by Crippen LogP contribution is 2.31. The number of imidazole rings is 1. The standard InChI is InChI=1S/C15H16F3N3O/c16-15(17,18)14(22)20-10-6-7-13-12(8-10)19-9-21(13)11-4-2-1-3-5-11/h6-9,11H,1-5H2,(H,20,22). The van der Waals surface area contributed by atoms with Gasteiger partial charge in [-0.25, -0.2) is 4.98 Å². The highest BCUT2D eigenvalue weighted by molar-refractivity contribution is 5.96. The highest BCUT2D eigenvalue weighted by Gasteiger charge is 2.38. The van der Waals surface area contributed by atoms with E-state index in [1.54, 1.807) is 12.4 Å². The third kappa shape index (κ3) is 2.93. The van der Waals surface area contributed by atoms with E-state index in [0.29, 0.717) is 11.6 Å². The molecular weight excluding hydrogens is 295 g/mol. The van der Waals surface area contributed by atoms with E-state index >= 15 is 0 Å². The average Bonchev–Trinajstić information content (AvgIpc) is 2.90. The fraction of sp³-hybridized carbons (Fsp3) is 0.467. The van der Waals surface area contributed by atoms with Crippen LogP contribution in [0.4, 0.5) is 18.9 Å². The molecule has 4 nitrogen and oxygen atoms in total. The molecule has 3 rings (SSSR count). The third-order valence-corrected chi connectivity index (χ3v) is 4.06. The molecule has 0 radical (unpaired) electrons. The summed E-state index contributed by atoms with van der Waals surface area (Å²) < 4.78 is 38.9. The molecule has 1 N–H and O–H groups in total. The van der Waals surface area contributed by atoms with Gasteiger partial charge in [-0.2, -0.15) is 13.2 Å². The molecule has 22 heavy (non-hydrogen) atoms. The second-order valence-electron chi connectivity index (χ2n) is 5.60. The van der Waals surface area contributed by atoms with E-state index in [1.165, 1.54) is 31.4 Å². The summed E-state index contributed by atoms with van der Waals surface area (Å²) in [6.45, 7) is 0. The van der Waals surface area contributed by atoms with E-state index in [2.05, 4.69) is 9.55 Å². The zero-order chi connectivity index (χ0) is 15.7. The van der Waals surface area contributed by atoms with Crippen LogP contribution in [-0.2, 0) is 4.79 Å². The molecule has 1 fully saturated rings. The molecule has 0 aliphatic heterocycles. The maximum Gasteiger partial charge on any atom is 0.471 e. The van der Waals surface area contributed by atoms with Gasteiger partial charge in [0.15, 0.2) is 0 Å². The van der Waals surface area contributed by atoms with Gasteiger partial charge < -0.3 is 9.88 Å². The van der Waals surface area contributed by atoms with Crippen molar-refractivity contribution in [2.75, 3.05) is 5.32 Å². The van der Waals surface area contributed by atoms with Gasteiger partial charge in [0, 0.05) is 11.7 Å². The second-order valence-corrected chi connectivity index (χ2v) is 5.60. The fourth-order valence-corrected chi connectivity index (χ4v) is 2.96. The van der Waals surface area contributed by atoms with Crippen molar-refractivity contribution in [3.05, 3.63) is 24.5 Å². The van der Waals surface area contributed by atoms with Crippen molar-refractivity contribution >= 4 is 22.6 Å². The van der Waals surface area contributed by atoms with Gasteiger partial charge in [0.25, 0.3) is 0 Å². The number of nitrogens with zero attached hydrogens (tertiary/aromatic N) is 2. The summed E-state index contributed by atoms with van der Waals surface area (Å²) >= 11 is 0. The molecule has 118 valence electrons. The molecule has 0 unspecified atom stereocenters. The minimum atomic E-state index is -4.89. The van der Waals surface area contributed by atoms with Gasteiger partial charge in [0.2, 0.25) is 0 Å². The molecule has 1 aliphatic rings. The normalized spacial score (nSPS) is 16.9. The zero-order valence-corrected chi connectivity index (χ0v) is 11.9. The lowest BCUT2D eigenvalue weighted by Gasteiger charge is -2.23. The monoisotopic (exact) mass is 311 g/mol. The molecule has 1 heterocycles. The van der Waals surface area contributed by atoms with Crippen molar-refractivity contribution in [3.8, 4) is 0 Å². The van der Waals surface area contributed by atoms with Crippen LogP contribution in [0.25, 0.3) is 11.0 Å². The van der Waals surface area contributed by atoms with Crippen molar-refractivity contribution in [3.63, 3.8) is 0 Å². The molecule has 1 aromatic heterocycles. The van der Waals surface area contributed by atoms with Crippen LogP contribution in [0.1, 0.15) is 38.1 Å². The average molecular weight is 311 g/mol. The molecule has 1 saturated carbocycles.